The Morgan fingerprint density at radius 1 is 1.60 bits per heavy atom. The van der Waals surface area contributed by atoms with Gasteiger partial charge in [0.05, 0.1) is 10.8 Å². The average molecular weight is 359 g/mol. The maximum Gasteiger partial charge on any atom is 0.322 e. The van der Waals surface area contributed by atoms with Crippen molar-refractivity contribution in [3.8, 4) is 0 Å². The molecule has 1 aliphatic rings. The van der Waals surface area contributed by atoms with Crippen molar-refractivity contribution in [3.05, 3.63) is 20.5 Å². The lowest BCUT2D eigenvalue weighted by Gasteiger charge is -2.18. The summed E-state index contributed by atoms with van der Waals surface area (Å²) < 4.78 is 24.9. The number of thioether (sulfide) groups is 1. The maximum atomic E-state index is 12.3. The van der Waals surface area contributed by atoms with Crippen LogP contribution >= 0.6 is 34.7 Å². The number of nitrogens with zero attached hydrogens (tertiary/aromatic N) is 2. The molecule has 0 saturated carbocycles. The van der Waals surface area contributed by atoms with Gasteiger partial charge in [0, 0.05) is 11.8 Å². The van der Waals surface area contributed by atoms with Crippen molar-refractivity contribution in [2.45, 2.75) is 10.3 Å². The van der Waals surface area contributed by atoms with Crippen LogP contribution in [0.4, 0.5) is 5.69 Å². The highest BCUT2D eigenvalue weighted by molar-refractivity contribution is 8.01. The lowest BCUT2D eigenvalue weighted by atomic mass is 10.4. The number of hydrogen-bond acceptors (Lipinski definition) is 7. The zero-order chi connectivity index (χ0) is 15.1. The Bertz CT molecular complexity index is 672. The molecule has 0 aromatic carbocycles. The van der Waals surface area contributed by atoms with Crippen molar-refractivity contribution in [2.24, 2.45) is 0 Å². The Morgan fingerprint density at radius 2 is 2.25 bits per heavy atom. The molecule has 0 unspecified atom stereocenters. The molecule has 0 aliphatic carbocycles. The minimum Gasteiger partial charge on any atom is -0.480 e. The molecule has 1 fully saturated rings. The Kier molecular flexibility index (Phi) is 4.25. The largest absolute Gasteiger partial charge is 0.480 e. The Balaban J connectivity index is 2.43. The average Bonchev–Trinajstić information content (AvgIpc) is 2.94. The zero-order valence-corrected chi connectivity index (χ0v) is 12.8. The molecule has 0 bridgehead atoms. The second kappa shape index (κ2) is 5.48. The molecular formula is C8H7ClN2O6S3. The van der Waals surface area contributed by atoms with E-state index in [0.717, 1.165) is 22.1 Å². The Labute approximate surface area is 126 Å². The first-order chi connectivity index (χ1) is 9.25. The van der Waals surface area contributed by atoms with E-state index in [1.807, 2.05) is 0 Å². The number of nitro groups is 1. The predicted molar refractivity (Wildman–Crippen MR) is 73.8 cm³/mol. The van der Waals surface area contributed by atoms with Gasteiger partial charge in [-0.15, -0.1) is 23.1 Å². The number of rotatable bonds is 4. The van der Waals surface area contributed by atoms with E-state index in [9.17, 15) is 23.3 Å². The number of aliphatic carboxylic acids is 1. The molecule has 20 heavy (non-hydrogen) atoms. The second-order valence-corrected chi connectivity index (χ2v) is 8.50. The van der Waals surface area contributed by atoms with Gasteiger partial charge in [-0.2, -0.15) is 4.31 Å². The predicted octanol–water partition coefficient (Wildman–Crippen LogP) is 1.46. The summed E-state index contributed by atoms with van der Waals surface area (Å²) in [5.74, 6) is -1.13. The first-order valence-corrected chi connectivity index (χ1v) is 8.80. The molecule has 12 heteroatoms. The topological polar surface area (TPSA) is 118 Å². The van der Waals surface area contributed by atoms with Crippen LogP contribution in [-0.4, -0.2) is 46.4 Å². The van der Waals surface area contributed by atoms with E-state index in [-0.39, 0.29) is 20.2 Å². The fourth-order valence-electron chi connectivity index (χ4n) is 1.56. The van der Waals surface area contributed by atoms with Crippen LogP contribution in [0.5, 0.6) is 0 Å². The molecule has 0 amide bonds. The summed E-state index contributed by atoms with van der Waals surface area (Å²) >= 11 is 7.33. The van der Waals surface area contributed by atoms with E-state index >= 15 is 0 Å². The van der Waals surface area contributed by atoms with Crippen molar-refractivity contribution in [2.75, 3.05) is 11.6 Å². The molecule has 0 spiro atoms. The standard InChI is InChI=1S/C8H7ClN2O6S3/c9-7-4(11(14)15)1-6(19-7)20(16,17)10-3-18-2-5(10)8(12)13/h1,5H,2-3H2,(H,12,13)/t5-/m0/s1. The molecule has 1 aromatic heterocycles. The fraction of sp³-hybridized carbons (Fsp3) is 0.375. The highest BCUT2D eigenvalue weighted by Gasteiger charge is 2.41. The van der Waals surface area contributed by atoms with Crippen LogP contribution in [-0.2, 0) is 14.8 Å². The number of carboxylic acid groups (broad SMARTS) is 1. The van der Waals surface area contributed by atoms with Crippen LogP contribution in [0.15, 0.2) is 10.3 Å². The van der Waals surface area contributed by atoms with Crippen molar-refractivity contribution < 1.29 is 23.2 Å². The van der Waals surface area contributed by atoms with Crippen LogP contribution in [0.1, 0.15) is 0 Å². The summed E-state index contributed by atoms with van der Waals surface area (Å²) in [5.41, 5.74) is -0.506. The first kappa shape index (κ1) is 15.5. The Hall–Kier alpha value is -0.880. The minimum absolute atomic E-state index is 0.0113. The third-order valence-corrected chi connectivity index (χ3v) is 7.35. The molecule has 8 nitrogen and oxygen atoms in total. The van der Waals surface area contributed by atoms with E-state index in [1.54, 1.807) is 0 Å². The lowest BCUT2D eigenvalue weighted by molar-refractivity contribution is -0.384. The van der Waals surface area contributed by atoms with E-state index in [0.29, 0.717) is 11.3 Å². The molecule has 1 aliphatic heterocycles. The number of halogens is 1. The number of carboxylic acids is 1. The summed E-state index contributed by atoms with van der Waals surface area (Å²) in [4.78, 5) is 20.9. The lowest BCUT2D eigenvalue weighted by Crippen LogP contribution is -2.41. The third kappa shape index (κ3) is 2.63. The van der Waals surface area contributed by atoms with Crippen LogP contribution < -0.4 is 0 Å². The van der Waals surface area contributed by atoms with Gasteiger partial charge in [-0.1, -0.05) is 11.6 Å². The molecular weight excluding hydrogens is 352 g/mol. The van der Waals surface area contributed by atoms with Gasteiger partial charge >= 0.3 is 5.97 Å². The van der Waals surface area contributed by atoms with E-state index in [1.165, 1.54) is 0 Å². The van der Waals surface area contributed by atoms with Gasteiger partial charge in [-0.05, 0) is 0 Å². The summed E-state index contributed by atoms with van der Waals surface area (Å²) in [6, 6.07) is -0.325. The first-order valence-electron chi connectivity index (χ1n) is 5.01. The Morgan fingerprint density at radius 3 is 2.75 bits per heavy atom. The van der Waals surface area contributed by atoms with Crippen molar-refractivity contribution in [1.82, 2.24) is 4.31 Å². The van der Waals surface area contributed by atoms with Crippen molar-refractivity contribution in [1.29, 1.82) is 0 Å². The molecule has 0 radical (unpaired) electrons. The summed E-state index contributed by atoms with van der Waals surface area (Å²) in [5, 5.41) is 19.7. The highest BCUT2D eigenvalue weighted by atomic mass is 35.5. The van der Waals surface area contributed by atoms with E-state index in [4.69, 9.17) is 16.7 Å². The van der Waals surface area contributed by atoms with Gasteiger partial charge in [0.25, 0.3) is 15.7 Å². The summed E-state index contributed by atoms with van der Waals surface area (Å²) in [6.07, 6.45) is 0. The van der Waals surface area contributed by atoms with Gasteiger partial charge in [0.15, 0.2) is 4.34 Å². The summed E-state index contributed by atoms with van der Waals surface area (Å²) in [6.45, 7) is 0. The number of hydrogen-bond donors (Lipinski definition) is 1. The van der Waals surface area contributed by atoms with Crippen LogP contribution in [0, 0.1) is 10.1 Å². The minimum atomic E-state index is -4.11. The van der Waals surface area contributed by atoms with Crippen LogP contribution in [0.3, 0.4) is 0 Å². The normalized spacial score (nSPS) is 20.1. The van der Waals surface area contributed by atoms with Gasteiger partial charge < -0.3 is 5.11 Å². The van der Waals surface area contributed by atoms with Gasteiger partial charge in [-0.25, -0.2) is 8.42 Å². The molecule has 110 valence electrons. The van der Waals surface area contributed by atoms with Crippen molar-refractivity contribution >= 4 is 56.4 Å². The third-order valence-electron chi connectivity index (χ3n) is 2.53. The van der Waals surface area contributed by atoms with Crippen LogP contribution in [0.2, 0.25) is 4.34 Å². The second-order valence-electron chi connectivity index (χ2n) is 3.73. The number of thiophene rings is 1. The molecule has 2 rings (SSSR count). The van der Waals surface area contributed by atoms with E-state index in [2.05, 4.69) is 0 Å². The molecule has 1 atom stereocenters. The molecule has 1 saturated heterocycles. The maximum absolute atomic E-state index is 12.3. The molecule has 1 aromatic rings. The summed E-state index contributed by atoms with van der Waals surface area (Å²) in [7, 11) is -4.11. The highest BCUT2D eigenvalue weighted by Crippen LogP contribution is 2.39. The smallest absolute Gasteiger partial charge is 0.322 e. The molecule has 2 heterocycles. The number of sulfonamides is 1. The monoisotopic (exact) mass is 358 g/mol. The fourth-order valence-corrected chi connectivity index (χ4v) is 6.49. The van der Waals surface area contributed by atoms with Crippen molar-refractivity contribution in [3.63, 3.8) is 0 Å². The number of carbonyl (C=O) groups is 1. The SMILES string of the molecule is O=C(O)[C@@H]1CSCN1S(=O)(=O)c1cc([N+](=O)[O-])c(Cl)s1. The molecule has 1 N–H and O–H groups in total. The van der Waals surface area contributed by atoms with Gasteiger partial charge in [0.2, 0.25) is 0 Å². The quantitative estimate of drug-likeness (QED) is 0.639. The van der Waals surface area contributed by atoms with Gasteiger partial charge in [-0.3, -0.25) is 14.9 Å². The van der Waals surface area contributed by atoms with E-state index < -0.39 is 32.6 Å². The van der Waals surface area contributed by atoms with Gasteiger partial charge in [0.1, 0.15) is 10.3 Å². The van der Waals surface area contributed by atoms with Crippen LogP contribution in [0.25, 0.3) is 0 Å². The zero-order valence-electron chi connectivity index (χ0n) is 9.55.